The first-order valence-corrected chi connectivity index (χ1v) is 9.25. The standard InChI is InChI=1S/C19H29N3O/c23-19(16-7-2-1-3-8-16)22(15-17-9-4-5-13-21-17)18-10-6-12-20-14-11-18/h4-5,9,13,16,18,20H,1-3,6-8,10-12,14-15H2. The fraction of sp³-hybridized carbons (Fsp3) is 0.684. The first-order chi connectivity index (χ1) is 11.3. The van der Waals surface area contributed by atoms with E-state index in [4.69, 9.17) is 0 Å². The quantitative estimate of drug-likeness (QED) is 0.928. The van der Waals surface area contributed by atoms with Gasteiger partial charge in [0.2, 0.25) is 5.91 Å². The number of rotatable bonds is 4. The van der Waals surface area contributed by atoms with Gasteiger partial charge < -0.3 is 10.2 Å². The predicted molar refractivity (Wildman–Crippen MR) is 91.9 cm³/mol. The zero-order valence-electron chi connectivity index (χ0n) is 14.0. The minimum absolute atomic E-state index is 0.240. The highest BCUT2D eigenvalue weighted by atomic mass is 16.2. The molecule has 2 heterocycles. The van der Waals surface area contributed by atoms with E-state index >= 15 is 0 Å². The van der Waals surface area contributed by atoms with Gasteiger partial charge in [0.25, 0.3) is 0 Å². The van der Waals surface area contributed by atoms with E-state index in [1.54, 1.807) is 0 Å². The maximum atomic E-state index is 13.2. The molecule has 0 aromatic carbocycles. The Morgan fingerprint density at radius 2 is 1.96 bits per heavy atom. The highest BCUT2D eigenvalue weighted by Crippen LogP contribution is 2.28. The summed E-state index contributed by atoms with van der Waals surface area (Å²) in [5.41, 5.74) is 1.01. The summed E-state index contributed by atoms with van der Waals surface area (Å²) in [4.78, 5) is 19.8. The third-order valence-electron chi connectivity index (χ3n) is 5.28. The first-order valence-electron chi connectivity index (χ1n) is 9.25. The van der Waals surface area contributed by atoms with Crippen LogP contribution in [0.4, 0.5) is 0 Å². The van der Waals surface area contributed by atoms with E-state index in [1.807, 2.05) is 24.4 Å². The molecule has 2 fully saturated rings. The van der Waals surface area contributed by atoms with Crippen molar-refractivity contribution >= 4 is 5.91 Å². The van der Waals surface area contributed by atoms with Crippen molar-refractivity contribution in [2.24, 2.45) is 5.92 Å². The lowest BCUT2D eigenvalue weighted by atomic mass is 9.87. The summed E-state index contributed by atoms with van der Waals surface area (Å²) in [6.07, 6.45) is 11.0. The second-order valence-corrected chi connectivity index (χ2v) is 6.96. The Kier molecular flexibility index (Phi) is 6.03. The van der Waals surface area contributed by atoms with Crippen molar-refractivity contribution in [3.63, 3.8) is 0 Å². The maximum Gasteiger partial charge on any atom is 0.226 e. The van der Waals surface area contributed by atoms with Crippen molar-refractivity contribution in [2.75, 3.05) is 13.1 Å². The molecule has 4 nitrogen and oxygen atoms in total. The Morgan fingerprint density at radius 3 is 2.74 bits per heavy atom. The summed E-state index contributed by atoms with van der Waals surface area (Å²) in [5, 5.41) is 3.46. The number of carbonyl (C=O) groups excluding carboxylic acids is 1. The smallest absolute Gasteiger partial charge is 0.226 e. The molecule has 0 radical (unpaired) electrons. The second-order valence-electron chi connectivity index (χ2n) is 6.96. The predicted octanol–water partition coefficient (Wildman–Crippen LogP) is 3.13. The molecular formula is C19H29N3O. The van der Waals surface area contributed by atoms with Crippen LogP contribution in [0.5, 0.6) is 0 Å². The van der Waals surface area contributed by atoms with Crippen molar-refractivity contribution in [3.05, 3.63) is 30.1 Å². The van der Waals surface area contributed by atoms with Gasteiger partial charge in [-0.15, -0.1) is 0 Å². The number of pyridine rings is 1. The lowest BCUT2D eigenvalue weighted by Gasteiger charge is -2.35. The Morgan fingerprint density at radius 1 is 1.09 bits per heavy atom. The third-order valence-corrected chi connectivity index (χ3v) is 5.28. The van der Waals surface area contributed by atoms with Crippen LogP contribution in [0.25, 0.3) is 0 Å². The lowest BCUT2D eigenvalue weighted by Crippen LogP contribution is -2.44. The summed E-state index contributed by atoms with van der Waals surface area (Å²) in [6, 6.07) is 6.35. The van der Waals surface area contributed by atoms with Crippen LogP contribution in [0, 0.1) is 5.92 Å². The summed E-state index contributed by atoms with van der Waals surface area (Å²) in [5.74, 6) is 0.617. The number of hydrogen-bond donors (Lipinski definition) is 1. The summed E-state index contributed by atoms with van der Waals surface area (Å²) >= 11 is 0. The summed E-state index contributed by atoms with van der Waals surface area (Å²) in [7, 11) is 0. The van der Waals surface area contributed by atoms with E-state index in [2.05, 4.69) is 15.2 Å². The molecule has 1 saturated carbocycles. The van der Waals surface area contributed by atoms with Crippen LogP contribution in [0.15, 0.2) is 24.4 Å². The number of nitrogens with zero attached hydrogens (tertiary/aromatic N) is 2. The molecule has 126 valence electrons. The molecule has 1 amide bonds. The topological polar surface area (TPSA) is 45.2 Å². The Balaban J connectivity index is 1.75. The fourth-order valence-corrected chi connectivity index (χ4v) is 3.95. The van der Waals surface area contributed by atoms with Crippen LogP contribution >= 0.6 is 0 Å². The van der Waals surface area contributed by atoms with Gasteiger partial charge in [0.15, 0.2) is 0 Å². The van der Waals surface area contributed by atoms with E-state index in [1.165, 1.54) is 19.3 Å². The molecule has 4 heteroatoms. The monoisotopic (exact) mass is 315 g/mol. The van der Waals surface area contributed by atoms with Crippen LogP contribution in [-0.2, 0) is 11.3 Å². The third kappa shape index (κ3) is 4.54. The van der Waals surface area contributed by atoms with Crippen molar-refractivity contribution in [1.82, 2.24) is 15.2 Å². The highest BCUT2D eigenvalue weighted by molar-refractivity contribution is 5.79. The molecule has 1 aromatic heterocycles. The molecule has 1 saturated heterocycles. The molecule has 2 aliphatic rings. The molecule has 0 spiro atoms. The zero-order chi connectivity index (χ0) is 15.9. The Bertz CT molecular complexity index is 477. The van der Waals surface area contributed by atoms with Gasteiger partial charge in [-0.05, 0) is 57.3 Å². The van der Waals surface area contributed by atoms with Crippen LogP contribution < -0.4 is 5.32 Å². The van der Waals surface area contributed by atoms with Gasteiger partial charge in [-0.1, -0.05) is 25.3 Å². The van der Waals surface area contributed by atoms with Crippen molar-refractivity contribution in [1.29, 1.82) is 0 Å². The number of amides is 1. The fourth-order valence-electron chi connectivity index (χ4n) is 3.95. The number of nitrogens with one attached hydrogen (secondary N) is 1. The molecule has 23 heavy (non-hydrogen) atoms. The van der Waals surface area contributed by atoms with Gasteiger partial charge in [-0.3, -0.25) is 9.78 Å². The number of carbonyl (C=O) groups is 1. The van der Waals surface area contributed by atoms with E-state index < -0.39 is 0 Å². The van der Waals surface area contributed by atoms with Gasteiger partial charge in [-0.2, -0.15) is 0 Å². The molecule has 1 unspecified atom stereocenters. The second kappa shape index (κ2) is 8.44. The molecule has 1 N–H and O–H groups in total. The van der Waals surface area contributed by atoms with E-state index in [9.17, 15) is 4.79 Å². The maximum absolute atomic E-state index is 13.2. The molecule has 1 atom stereocenters. The molecular weight excluding hydrogens is 286 g/mol. The first kappa shape index (κ1) is 16.4. The molecule has 1 aliphatic carbocycles. The van der Waals surface area contributed by atoms with Crippen LogP contribution in [0.2, 0.25) is 0 Å². The van der Waals surface area contributed by atoms with Gasteiger partial charge in [0.1, 0.15) is 0 Å². The Hall–Kier alpha value is -1.42. The number of aromatic nitrogens is 1. The normalized spacial score (nSPS) is 23.2. The van der Waals surface area contributed by atoms with Gasteiger partial charge in [0, 0.05) is 18.2 Å². The van der Waals surface area contributed by atoms with Crippen LogP contribution in [0.3, 0.4) is 0 Å². The van der Waals surface area contributed by atoms with Crippen molar-refractivity contribution in [3.8, 4) is 0 Å². The number of hydrogen-bond acceptors (Lipinski definition) is 3. The average Bonchev–Trinajstić information content (AvgIpc) is 2.90. The Labute approximate surface area is 139 Å². The lowest BCUT2D eigenvalue weighted by molar-refractivity contribution is -0.140. The van der Waals surface area contributed by atoms with E-state index in [0.29, 0.717) is 18.5 Å². The van der Waals surface area contributed by atoms with Crippen molar-refractivity contribution in [2.45, 2.75) is 64.0 Å². The largest absolute Gasteiger partial charge is 0.334 e. The van der Waals surface area contributed by atoms with Crippen LogP contribution in [0.1, 0.15) is 57.1 Å². The minimum atomic E-state index is 0.240. The summed E-state index contributed by atoms with van der Waals surface area (Å²) < 4.78 is 0. The van der Waals surface area contributed by atoms with Gasteiger partial charge in [0.05, 0.1) is 12.2 Å². The van der Waals surface area contributed by atoms with E-state index in [0.717, 1.165) is 50.9 Å². The molecule has 1 aromatic rings. The van der Waals surface area contributed by atoms with E-state index in [-0.39, 0.29) is 5.92 Å². The molecule has 1 aliphatic heterocycles. The summed E-state index contributed by atoms with van der Waals surface area (Å²) in [6.45, 7) is 2.76. The highest BCUT2D eigenvalue weighted by Gasteiger charge is 2.31. The van der Waals surface area contributed by atoms with Crippen molar-refractivity contribution < 1.29 is 4.79 Å². The zero-order valence-corrected chi connectivity index (χ0v) is 14.0. The molecule has 3 rings (SSSR count). The minimum Gasteiger partial charge on any atom is -0.334 e. The SMILES string of the molecule is O=C(C1CCCCC1)N(Cc1ccccn1)C1CCCNCC1. The van der Waals surface area contributed by atoms with Gasteiger partial charge >= 0.3 is 0 Å². The average molecular weight is 315 g/mol. The van der Waals surface area contributed by atoms with Crippen LogP contribution in [-0.4, -0.2) is 34.9 Å². The molecule has 0 bridgehead atoms. The van der Waals surface area contributed by atoms with Gasteiger partial charge in [-0.25, -0.2) is 0 Å².